The van der Waals surface area contributed by atoms with Gasteiger partial charge in [0.1, 0.15) is 0 Å². The van der Waals surface area contributed by atoms with Crippen LogP contribution in [0.15, 0.2) is 42.5 Å². The average Bonchev–Trinajstić information content (AvgIpc) is 2.54. The molecule has 0 spiro atoms. The fourth-order valence-corrected chi connectivity index (χ4v) is 3.07. The standard InChI is InChI=1S/C18H22N2O2/c1-13(20-11-5-8-15(21)12-20)18(22)19-17-10-4-7-14-6-2-3-9-16(14)17/h2-4,6-7,9-10,13,15,21H,5,8,11-12H2,1H3,(H,19,22). The lowest BCUT2D eigenvalue weighted by atomic mass is 10.1. The maximum absolute atomic E-state index is 12.5. The summed E-state index contributed by atoms with van der Waals surface area (Å²) in [5.41, 5.74) is 0.840. The first-order valence-electron chi connectivity index (χ1n) is 7.86. The molecule has 1 amide bonds. The summed E-state index contributed by atoms with van der Waals surface area (Å²) in [4.78, 5) is 14.6. The summed E-state index contributed by atoms with van der Waals surface area (Å²) in [6.07, 6.45) is 1.45. The highest BCUT2D eigenvalue weighted by molar-refractivity contribution is 6.03. The molecule has 1 heterocycles. The van der Waals surface area contributed by atoms with Gasteiger partial charge in [0.05, 0.1) is 12.1 Å². The number of carbonyl (C=O) groups excluding carboxylic acids is 1. The Kier molecular flexibility index (Phi) is 4.41. The molecule has 0 bridgehead atoms. The molecule has 0 radical (unpaired) electrons. The lowest BCUT2D eigenvalue weighted by Crippen LogP contribution is -2.48. The quantitative estimate of drug-likeness (QED) is 0.916. The van der Waals surface area contributed by atoms with Crippen LogP contribution in [0.3, 0.4) is 0 Å². The molecule has 1 saturated heterocycles. The summed E-state index contributed by atoms with van der Waals surface area (Å²) in [6.45, 7) is 3.34. The van der Waals surface area contributed by atoms with Crippen molar-refractivity contribution in [1.82, 2.24) is 4.90 Å². The van der Waals surface area contributed by atoms with Crippen molar-refractivity contribution in [3.63, 3.8) is 0 Å². The van der Waals surface area contributed by atoms with Crippen LogP contribution >= 0.6 is 0 Å². The van der Waals surface area contributed by atoms with E-state index in [-0.39, 0.29) is 18.1 Å². The lowest BCUT2D eigenvalue weighted by Gasteiger charge is -2.34. The SMILES string of the molecule is CC(C(=O)Nc1cccc2ccccc12)N1CCCC(O)C1. The molecule has 1 fully saturated rings. The Bertz CT molecular complexity index is 666. The summed E-state index contributed by atoms with van der Waals surface area (Å²) < 4.78 is 0. The largest absolute Gasteiger partial charge is 0.392 e. The minimum atomic E-state index is -0.318. The van der Waals surface area contributed by atoms with Gasteiger partial charge in [-0.2, -0.15) is 0 Å². The van der Waals surface area contributed by atoms with E-state index in [1.54, 1.807) is 0 Å². The molecule has 2 unspecified atom stereocenters. The normalized spacial score (nSPS) is 20.7. The second kappa shape index (κ2) is 6.46. The van der Waals surface area contributed by atoms with E-state index in [1.807, 2.05) is 49.4 Å². The third-order valence-electron chi connectivity index (χ3n) is 4.40. The van der Waals surface area contributed by atoms with Crippen LogP contribution in [0.1, 0.15) is 19.8 Å². The molecule has 0 aromatic heterocycles. The summed E-state index contributed by atoms with van der Waals surface area (Å²) >= 11 is 0. The van der Waals surface area contributed by atoms with Crippen molar-refractivity contribution < 1.29 is 9.90 Å². The first kappa shape index (κ1) is 15.0. The van der Waals surface area contributed by atoms with Crippen molar-refractivity contribution in [3.05, 3.63) is 42.5 Å². The highest BCUT2D eigenvalue weighted by Gasteiger charge is 2.26. The average molecular weight is 298 g/mol. The van der Waals surface area contributed by atoms with Crippen LogP contribution in [0.2, 0.25) is 0 Å². The number of piperidine rings is 1. The number of nitrogens with zero attached hydrogens (tertiary/aromatic N) is 1. The second-order valence-electron chi connectivity index (χ2n) is 5.98. The van der Waals surface area contributed by atoms with E-state index in [4.69, 9.17) is 0 Å². The first-order valence-corrected chi connectivity index (χ1v) is 7.86. The zero-order valence-corrected chi connectivity index (χ0v) is 12.8. The zero-order chi connectivity index (χ0) is 15.5. The van der Waals surface area contributed by atoms with E-state index in [0.29, 0.717) is 6.54 Å². The van der Waals surface area contributed by atoms with Crippen molar-refractivity contribution in [1.29, 1.82) is 0 Å². The summed E-state index contributed by atoms with van der Waals surface area (Å²) in [7, 11) is 0. The number of fused-ring (bicyclic) bond motifs is 1. The Labute approximate surface area is 130 Å². The fraction of sp³-hybridized carbons (Fsp3) is 0.389. The van der Waals surface area contributed by atoms with Gasteiger partial charge in [0.2, 0.25) is 5.91 Å². The number of amides is 1. The van der Waals surface area contributed by atoms with Gasteiger partial charge in [0.15, 0.2) is 0 Å². The summed E-state index contributed by atoms with van der Waals surface area (Å²) in [5.74, 6) is -0.0227. The molecular formula is C18H22N2O2. The zero-order valence-electron chi connectivity index (χ0n) is 12.8. The molecule has 116 valence electrons. The molecule has 4 nitrogen and oxygen atoms in total. The number of nitrogens with one attached hydrogen (secondary N) is 1. The van der Waals surface area contributed by atoms with Crippen molar-refractivity contribution >= 4 is 22.4 Å². The van der Waals surface area contributed by atoms with E-state index in [1.165, 1.54) is 0 Å². The monoisotopic (exact) mass is 298 g/mol. The Morgan fingerprint density at radius 2 is 2.05 bits per heavy atom. The molecule has 4 heteroatoms. The molecule has 22 heavy (non-hydrogen) atoms. The van der Waals surface area contributed by atoms with Gasteiger partial charge in [-0.15, -0.1) is 0 Å². The topological polar surface area (TPSA) is 52.6 Å². The summed E-state index contributed by atoms with van der Waals surface area (Å²) in [5, 5.41) is 15.0. The van der Waals surface area contributed by atoms with E-state index in [9.17, 15) is 9.90 Å². The van der Waals surface area contributed by atoms with E-state index >= 15 is 0 Å². The lowest BCUT2D eigenvalue weighted by molar-refractivity contribution is -0.121. The highest BCUT2D eigenvalue weighted by Crippen LogP contribution is 2.23. The van der Waals surface area contributed by atoms with Gasteiger partial charge in [-0.1, -0.05) is 36.4 Å². The van der Waals surface area contributed by atoms with E-state index in [2.05, 4.69) is 10.2 Å². The van der Waals surface area contributed by atoms with Gasteiger partial charge in [-0.3, -0.25) is 9.69 Å². The number of aliphatic hydroxyl groups is 1. The third-order valence-corrected chi connectivity index (χ3v) is 4.40. The number of aliphatic hydroxyl groups excluding tert-OH is 1. The van der Waals surface area contributed by atoms with Crippen LogP contribution in [0, 0.1) is 0 Å². The van der Waals surface area contributed by atoms with Gasteiger partial charge in [-0.25, -0.2) is 0 Å². The van der Waals surface area contributed by atoms with Crippen LogP contribution in [0.4, 0.5) is 5.69 Å². The summed E-state index contributed by atoms with van der Waals surface area (Å²) in [6, 6.07) is 13.7. The smallest absolute Gasteiger partial charge is 0.241 e. The maximum atomic E-state index is 12.5. The predicted molar refractivity (Wildman–Crippen MR) is 88.9 cm³/mol. The van der Waals surface area contributed by atoms with E-state index in [0.717, 1.165) is 35.8 Å². The number of hydrogen-bond acceptors (Lipinski definition) is 3. The van der Waals surface area contributed by atoms with Gasteiger partial charge in [-0.05, 0) is 37.8 Å². The Hall–Kier alpha value is -1.91. The van der Waals surface area contributed by atoms with Crippen LogP contribution < -0.4 is 5.32 Å². The number of likely N-dealkylation sites (tertiary alicyclic amines) is 1. The Balaban J connectivity index is 1.75. The molecule has 2 atom stereocenters. The molecule has 0 aliphatic carbocycles. The molecule has 2 aromatic rings. The number of anilines is 1. The number of hydrogen-bond donors (Lipinski definition) is 2. The minimum Gasteiger partial charge on any atom is -0.392 e. The maximum Gasteiger partial charge on any atom is 0.241 e. The number of rotatable bonds is 3. The van der Waals surface area contributed by atoms with Gasteiger partial charge in [0, 0.05) is 17.6 Å². The third kappa shape index (κ3) is 3.13. The van der Waals surface area contributed by atoms with Gasteiger partial charge in [0.25, 0.3) is 0 Å². The van der Waals surface area contributed by atoms with E-state index < -0.39 is 0 Å². The van der Waals surface area contributed by atoms with Crippen LogP contribution in [0.5, 0.6) is 0 Å². The molecule has 0 saturated carbocycles. The van der Waals surface area contributed by atoms with Gasteiger partial charge < -0.3 is 10.4 Å². The first-order chi connectivity index (χ1) is 10.6. The van der Waals surface area contributed by atoms with Crippen LogP contribution in [-0.2, 0) is 4.79 Å². The number of carbonyl (C=O) groups is 1. The molecule has 2 N–H and O–H groups in total. The van der Waals surface area contributed by atoms with Crippen molar-refractivity contribution in [2.75, 3.05) is 18.4 Å². The molecule has 3 rings (SSSR count). The molecule has 1 aliphatic heterocycles. The highest BCUT2D eigenvalue weighted by atomic mass is 16.3. The van der Waals surface area contributed by atoms with Gasteiger partial charge >= 0.3 is 0 Å². The van der Waals surface area contributed by atoms with Crippen LogP contribution in [-0.4, -0.2) is 41.1 Å². The fourth-order valence-electron chi connectivity index (χ4n) is 3.07. The number of β-amino-alcohol motifs (C(OH)–C–C–N with tert-alkyl or cyclic N) is 1. The number of benzene rings is 2. The minimum absolute atomic E-state index is 0.0227. The Morgan fingerprint density at radius 1 is 1.27 bits per heavy atom. The second-order valence-corrected chi connectivity index (χ2v) is 5.98. The van der Waals surface area contributed by atoms with Crippen molar-refractivity contribution in [2.45, 2.75) is 31.9 Å². The predicted octanol–water partition coefficient (Wildman–Crippen LogP) is 2.62. The van der Waals surface area contributed by atoms with Crippen molar-refractivity contribution in [2.24, 2.45) is 0 Å². The molecular weight excluding hydrogens is 276 g/mol. The Morgan fingerprint density at radius 3 is 2.86 bits per heavy atom. The molecule has 2 aromatic carbocycles. The van der Waals surface area contributed by atoms with Crippen LogP contribution in [0.25, 0.3) is 10.8 Å². The molecule has 1 aliphatic rings. The van der Waals surface area contributed by atoms with Crippen molar-refractivity contribution in [3.8, 4) is 0 Å².